The van der Waals surface area contributed by atoms with Gasteiger partial charge in [0.1, 0.15) is 5.15 Å². The number of carbonyl (C=O) groups is 1. The normalized spacial score (nSPS) is 19.1. The molecule has 17 heavy (non-hydrogen) atoms. The van der Waals surface area contributed by atoms with E-state index in [-0.39, 0.29) is 11.4 Å². The second kappa shape index (κ2) is 4.63. The van der Waals surface area contributed by atoms with Crippen LogP contribution in [0.25, 0.3) is 0 Å². The van der Waals surface area contributed by atoms with Crippen molar-refractivity contribution in [3.05, 3.63) is 29.0 Å². The van der Waals surface area contributed by atoms with E-state index in [1.54, 1.807) is 18.3 Å². The van der Waals surface area contributed by atoms with Crippen LogP contribution >= 0.6 is 11.6 Å². The lowest BCUT2D eigenvalue weighted by Gasteiger charge is -2.42. The summed E-state index contributed by atoms with van der Waals surface area (Å²) in [6, 6.07) is 3.27. The molecule has 5 heteroatoms. The van der Waals surface area contributed by atoms with E-state index in [1.165, 1.54) is 0 Å². The van der Waals surface area contributed by atoms with Gasteiger partial charge in [0.25, 0.3) is 5.91 Å². The van der Waals surface area contributed by atoms with Crippen LogP contribution in [0.3, 0.4) is 0 Å². The smallest absolute Gasteiger partial charge is 0.254 e. The number of nitrogens with zero attached hydrogens (tertiary/aromatic N) is 2. The zero-order valence-electron chi connectivity index (χ0n) is 9.94. The van der Waals surface area contributed by atoms with Crippen LogP contribution < -0.4 is 0 Å². The summed E-state index contributed by atoms with van der Waals surface area (Å²) in [7, 11) is 0. The van der Waals surface area contributed by atoms with Gasteiger partial charge in [0, 0.05) is 18.3 Å². The van der Waals surface area contributed by atoms with Crippen molar-refractivity contribution in [1.82, 2.24) is 9.88 Å². The highest BCUT2D eigenvalue weighted by Gasteiger charge is 2.34. The number of aromatic nitrogens is 1. The molecule has 0 radical (unpaired) electrons. The molecule has 0 atom stereocenters. The average Bonchev–Trinajstić information content (AvgIpc) is 2.27. The molecular formula is C12H15ClN2O2. The van der Waals surface area contributed by atoms with Gasteiger partial charge in [-0.1, -0.05) is 11.6 Å². The Morgan fingerprint density at radius 2 is 2.35 bits per heavy atom. The first-order valence-corrected chi connectivity index (χ1v) is 5.90. The van der Waals surface area contributed by atoms with Gasteiger partial charge in [0.2, 0.25) is 0 Å². The number of ether oxygens (including phenoxy) is 1. The second-order valence-electron chi connectivity index (χ2n) is 4.69. The van der Waals surface area contributed by atoms with Gasteiger partial charge in [-0.2, -0.15) is 0 Å². The molecule has 92 valence electrons. The SMILES string of the molecule is CC1(C)COCCN1C(=O)c1ccnc(Cl)c1. The summed E-state index contributed by atoms with van der Waals surface area (Å²) in [4.78, 5) is 18.0. The topological polar surface area (TPSA) is 42.4 Å². The fourth-order valence-electron chi connectivity index (χ4n) is 1.93. The van der Waals surface area contributed by atoms with Gasteiger partial charge in [-0.25, -0.2) is 4.98 Å². The molecule has 2 heterocycles. The number of pyridine rings is 1. The summed E-state index contributed by atoms with van der Waals surface area (Å²) < 4.78 is 5.39. The summed E-state index contributed by atoms with van der Waals surface area (Å²) in [6.45, 7) is 5.72. The molecule has 1 aliphatic rings. The molecule has 0 aliphatic carbocycles. The average molecular weight is 255 g/mol. The monoisotopic (exact) mass is 254 g/mol. The molecule has 0 spiro atoms. The largest absolute Gasteiger partial charge is 0.377 e. The fraction of sp³-hybridized carbons (Fsp3) is 0.500. The van der Waals surface area contributed by atoms with Crippen molar-refractivity contribution in [2.24, 2.45) is 0 Å². The number of hydrogen-bond donors (Lipinski definition) is 0. The summed E-state index contributed by atoms with van der Waals surface area (Å²) in [6.07, 6.45) is 1.54. The number of amides is 1. The van der Waals surface area contributed by atoms with E-state index in [1.807, 2.05) is 18.7 Å². The van der Waals surface area contributed by atoms with Gasteiger partial charge >= 0.3 is 0 Å². The summed E-state index contributed by atoms with van der Waals surface area (Å²) in [5.41, 5.74) is 0.283. The number of hydrogen-bond acceptors (Lipinski definition) is 3. The van der Waals surface area contributed by atoms with E-state index >= 15 is 0 Å². The van der Waals surface area contributed by atoms with E-state index in [4.69, 9.17) is 16.3 Å². The maximum atomic E-state index is 12.4. The van der Waals surface area contributed by atoms with Crippen LogP contribution in [0.1, 0.15) is 24.2 Å². The highest BCUT2D eigenvalue weighted by molar-refractivity contribution is 6.29. The van der Waals surface area contributed by atoms with Crippen molar-refractivity contribution in [3.8, 4) is 0 Å². The van der Waals surface area contributed by atoms with Gasteiger partial charge in [-0.3, -0.25) is 4.79 Å². The van der Waals surface area contributed by atoms with E-state index in [9.17, 15) is 4.79 Å². The number of rotatable bonds is 1. The predicted octanol–water partition coefficient (Wildman–Crippen LogP) is 1.99. The minimum Gasteiger partial charge on any atom is -0.377 e. The van der Waals surface area contributed by atoms with Gasteiger partial charge in [0.15, 0.2) is 0 Å². The van der Waals surface area contributed by atoms with Gasteiger partial charge in [-0.15, -0.1) is 0 Å². The Hall–Kier alpha value is -1.13. The van der Waals surface area contributed by atoms with Crippen LogP contribution in [-0.2, 0) is 4.74 Å². The second-order valence-corrected chi connectivity index (χ2v) is 5.08. The lowest BCUT2D eigenvalue weighted by Crippen LogP contribution is -2.55. The van der Waals surface area contributed by atoms with Crippen LogP contribution in [0.15, 0.2) is 18.3 Å². The van der Waals surface area contributed by atoms with Crippen LogP contribution in [0.5, 0.6) is 0 Å². The molecule has 1 aromatic rings. The molecule has 1 saturated heterocycles. The maximum Gasteiger partial charge on any atom is 0.254 e. The molecule has 1 fully saturated rings. The molecule has 1 aromatic heterocycles. The minimum atomic E-state index is -0.287. The molecule has 1 aliphatic heterocycles. The third kappa shape index (κ3) is 2.58. The predicted molar refractivity (Wildman–Crippen MR) is 65.2 cm³/mol. The Morgan fingerprint density at radius 3 is 3.00 bits per heavy atom. The quantitative estimate of drug-likeness (QED) is 0.720. The van der Waals surface area contributed by atoms with Crippen molar-refractivity contribution in [2.75, 3.05) is 19.8 Å². The van der Waals surface area contributed by atoms with Crippen LogP contribution in [-0.4, -0.2) is 41.1 Å². The number of morpholine rings is 1. The Kier molecular flexibility index (Phi) is 3.35. The summed E-state index contributed by atoms with van der Waals surface area (Å²) in [5, 5.41) is 0.335. The van der Waals surface area contributed by atoms with E-state index in [0.717, 1.165) is 0 Å². The Morgan fingerprint density at radius 1 is 1.59 bits per heavy atom. The standard InChI is InChI=1S/C12H15ClN2O2/c1-12(2)8-17-6-5-15(12)11(16)9-3-4-14-10(13)7-9/h3-4,7H,5-6,8H2,1-2H3. The molecular weight excluding hydrogens is 240 g/mol. The summed E-state index contributed by atoms with van der Waals surface area (Å²) in [5.74, 6) is -0.0254. The highest BCUT2D eigenvalue weighted by Crippen LogP contribution is 2.22. The first kappa shape index (κ1) is 12.3. The van der Waals surface area contributed by atoms with Crippen molar-refractivity contribution < 1.29 is 9.53 Å². The molecule has 4 nitrogen and oxygen atoms in total. The number of halogens is 1. The maximum absolute atomic E-state index is 12.4. The van der Waals surface area contributed by atoms with Crippen molar-refractivity contribution >= 4 is 17.5 Å². The third-order valence-corrected chi connectivity index (χ3v) is 3.07. The van der Waals surface area contributed by atoms with E-state index < -0.39 is 0 Å². The molecule has 0 aromatic carbocycles. The van der Waals surface area contributed by atoms with Crippen molar-refractivity contribution in [2.45, 2.75) is 19.4 Å². The Bertz CT molecular complexity index is 434. The van der Waals surface area contributed by atoms with Crippen molar-refractivity contribution in [3.63, 3.8) is 0 Å². The van der Waals surface area contributed by atoms with Gasteiger partial charge in [0.05, 0.1) is 18.8 Å². The Balaban J connectivity index is 2.25. The fourth-order valence-corrected chi connectivity index (χ4v) is 2.10. The molecule has 0 saturated carbocycles. The lowest BCUT2D eigenvalue weighted by molar-refractivity contribution is -0.0370. The molecule has 0 N–H and O–H groups in total. The van der Waals surface area contributed by atoms with Gasteiger partial charge < -0.3 is 9.64 Å². The van der Waals surface area contributed by atoms with E-state index in [0.29, 0.717) is 30.5 Å². The minimum absolute atomic E-state index is 0.0254. The summed E-state index contributed by atoms with van der Waals surface area (Å²) >= 11 is 5.79. The highest BCUT2D eigenvalue weighted by atomic mass is 35.5. The molecule has 0 bridgehead atoms. The Labute approximate surface area is 106 Å². The zero-order chi connectivity index (χ0) is 12.5. The first-order valence-electron chi connectivity index (χ1n) is 5.52. The van der Waals surface area contributed by atoms with Crippen molar-refractivity contribution in [1.29, 1.82) is 0 Å². The van der Waals surface area contributed by atoms with Gasteiger partial charge in [-0.05, 0) is 26.0 Å². The van der Waals surface area contributed by atoms with Crippen LogP contribution in [0.2, 0.25) is 5.15 Å². The van der Waals surface area contributed by atoms with E-state index in [2.05, 4.69) is 4.98 Å². The van der Waals surface area contributed by atoms with Crippen LogP contribution in [0.4, 0.5) is 0 Å². The third-order valence-electron chi connectivity index (χ3n) is 2.86. The lowest BCUT2D eigenvalue weighted by atomic mass is 10.0. The molecule has 0 unspecified atom stereocenters. The molecule has 2 rings (SSSR count). The molecule has 1 amide bonds. The first-order chi connectivity index (χ1) is 8.00. The van der Waals surface area contributed by atoms with Crippen LogP contribution in [0, 0.1) is 0 Å². The number of carbonyl (C=O) groups excluding carboxylic acids is 1. The zero-order valence-corrected chi connectivity index (χ0v) is 10.7.